The molecule has 0 spiro atoms. The van der Waals surface area contributed by atoms with Gasteiger partial charge in [-0.2, -0.15) is 0 Å². The Morgan fingerprint density at radius 2 is 2.17 bits per heavy atom. The summed E-state index contributed by atoms with van der Waals surface area (Å²) in [5.74, 6) is 0.778. The van der Waals surface area contributed by atoms with Crippen molar-refractivity contribution in [3.8, 4) is 0 Å². The molecule has 1 saturated heterocycles. The Bertz CT molecular complexity index is 722. The molecule has 122 valence electrons. The van der Waals surface area contributed by atoms with Crippen LogP contribution in [-0.4, -0.2) is 22.6 Å². The van der Waals surface area contributed by atoms with E-state index in [2.05, 4.69) is 10.5 Å². The average Bonchev–Trinajstić information content (AvgIpc) is 3.08. The number of aromatic nitrogens is 1. The van der Waals surface area contributed by atoms with Gasteiger partial charge >= 0.3 is 6.03 Å². The zero-order valence-corrected chi connectivity index (χ0v) is 14.3. The Balaban J connectivity index is 1.81. The van der Waals surface area contributed by atoms with Crippen molar-refractivity contribution < 1.29 is 9.32 Å². The molecular weight excluding hydrogens is 314 g/mol. The van der Waals surface area contributed by atoms with Crippen molar-refractivity contribution in [2.45, 2.75) is 39.7 Å². The Kier molecular flexibility index (Phi) is 4.31. The maximum absolute atomic E-state index is 12.7. The molecule has 2 aromatic rings. The van der Waals surface area contributed by atoms with Crippen molar-refractivity contribution in [3.63, 3.8) is 0 Å². The average molecular weight is 334 g/mol. The first-order chi connectivity index (χ1) is 11.0. The summed E-state index contributed by atoms with van der Waals surface area (Å²) in [5.41, 5.74) is 3.56. The number of carbonyl (C=O) groups excluding carboxylic acids is 1. The molecule has 0 bridgehead atoms. The van der Waals surface area contributed by atoms with Crippen LogP contribution in [0.25, 0.3) is 0 Å². The Hall–Kier alpha value is -2.01. The molecule has 1 aromatic carbocycles. The molecule has 5 nitrogen and oxygen atoms in total. The SMILES string of the molecule is Cc1ccc(NC(=O)N2CCC[C@@H]2c2c(C)noc2C)c(Cl)c1. The number of rotatable bonds is 2. The number of halogens is 1. The lowest BCUT2D eigenvalue weighted by molar-refractivity contribution is 0.206. The van der Waals surface area contributed by atoms with E-state index in [0.717, 1.165) is 35.4 Å². The molecule has 0 radical (unpaired) electrons. The van der Waals surface area contributed by atoms with Crippen LogP contribution in [0, 0.1) is 20.8 Å². The molecule has 0 saturated carbocycles. The third-order valence-electron chi connectivity index (χ3n) is 4.30. The van der Waals surface area contributed by atoms with Crippen LogP contribution in [0.4, 0.5) is 10.5 Å². The van der Waals surface area contributed by atoms with Crippen molar-refractivity contribution in [2.24, 2.45) is 0 Å². The maximum Gasteiger partial charge on any atom is 0.322 e. The van der Waals surface area contributed by atoms with Crippen LogP contribution in [0.15, 0.2) is 22.7 Å². The number of carbonyl (C=O) groups is 1. The van der Waals surface area contributed by atoms with Gasteiger partial charge < -0.3 is 14.7 Å². The Labute approximate surface area is 140 Å². The van der Waals surface area contributed by atoms with E-state index in [4.69, 9.17) is 16.1 Å². The predicted octanol–water partition coefficient (Wildman–Crippen LogP) is 4.62. The predicted molar refractivity (Wildman–Crippen MR) is 89.9 cm³/mol. The number of nitrogens with one attached hydrogen (secondary N) is 1. The summed E-state index contributed by atoms with van der Waals surface area (Å²) in [6, 6.07) is 5.46. The van der Waals surface area contributed by atoms with Gasteiger partial charge in [0.05, 0.1) is 22.4 Å². The molecule has 3 rings (SSSR count). The highest BCUT2D eigenvalue weighted by molar-refractivity contribution is 6.33. The number of likely N-dealkylation sites (tertiary alicyclic amines) is 1. The second-order valence-electron chi connectivity index (χ2n) is 6.00. The normalized spacial score (nSPS) is 17.6. The van der Waals surface area contributed by atoms with E-state index in [-0.39, 0.29) is 12.1 Å². The number of hydrogen-bond acceptors (Lipinski definition) is 3. The van der Waals surface area contributed by atoms with Gasteiger partial charge in [0.1, 0.15) is 5.76 Å². The lowest BCUT2D eigenvalue weighted by Gasteiger charge is -2.25. The second-order valence-corrected chi connectivity index (χ2v) is 6.41. The fourth-order valence-corrected chi connectivity index (χ4v) is 3.47. The largest absolute Gasteiger partial charge is 0.361 e. The molecule has 0 unspecified atom stereocenters. The number of amides is 2. The van der Waals surface area contributed by atoms with E-state index in [0.29, 0.717) is 17.3 Å². The van der Waals surface area contributed by atoms with Gasteiger partial charge in [-0.15, -0.1) is 0 Å². The van der Waals surface area contributed by atoms with Gasteiger partial charge in [-0.3, -0.25) is 0 Å². The molecular formula is C17H20ClN3O2. The quantitative estimate of drug-likeness (QED) is 0.872. The molecule has 1 fully saturated rings. The highest BCUT2D eigenvalue weighted by atomic mass is 35.5. The maximum atomic E-state index is 12.7. The van der Waals surface area contributed by atoms with Crippen LogP contribution in [-0.2, 0) is 0 Å². The minimum atomic E-state index is -0.141. The highest BCUT2D eigenvalue weighted by Crippen LogP contribution is 2.36. The van der Waals surface area contributed by atoms with Gasteiger partial charge in [-0.05, 0) is 51.3 Å². The van der Waals surface area contributed by atoms with Crippen LogP contribution in [0.3, 0.4) is 0 Å². The zero-order chi connectivity index (χ0) is 16.6. The summed E-state index contributed by atoms with van der Waals surface area (Å²) in [4.78, 5) is 14.5. The summed E-state index contributed by atoms with van der Waals surface area (Å²) in [6.45, 7) is 6.48. The molecule has 2 heterocycles. The van der Waals surface area contributed by atoms with Crippen molar-refractivity contribution >= 4 is 23.3 Å². The number of nitrogens with zero attached hydrogens (tertiary/aromatic N) is 2. The minimum absolute atomic E-state index is 0.00507. The summed E-state index contributed by atoms with van der Waals surface area (Å²) in [7, 11) is 0. The fourth-order valence-electron chi connectivity index (χ4n) is 3.18. The van der Waals surface area contributed by atoms with Gasteiger partial charge in [-0.1, -0.05) is 22.8 Å². The van der Waals surface area contributed by atoms with Crippen molar-refractivity contribution in [3.05, 3.63) is 45.8 Å². The monoisotopic (exact) mass is 333 g/mol. The molecule has 2 amide bonds. The smallest absolute Gasteiger partial charge is 0.322 e. The van der Waals surface area contributed by atoms with E-state index in [1.807, 2.05) is 43.9 Å². The van der Waals surface area contributed by atoms with Gasteiger partial charge in [-0.25, -0.2) is 4.79 Å². The van der Waals surface area contributed by atoms with Crippen LogP contribution in [0.2, 0.25) is 5.02 Å². The number of anilines is 1. The first-order valence-electron chi connectivity index (χ1n) is 7.74. The van der Waals surface area contributed by atoms with E-state index in [1.165, 1.54) is 0 Å². The van der Waals surface area contributed by atoms with E-state index in [1.54, 1.807) is 0 Å². The van der Waals surface area contributed by atoms with Crippen molar-refractivity contribution in [2.75, 3.05) is 11.9 Å². The van der Waals surface area contributed by atoms with Gasteiger partial charge in [0.25, 0.3) is 0 Å². The van der Waals surface area contributed by atoms with Gasteiger partial charge in [0, 0.05) is 12.1 Å². The highest BCUT2D eigenvalue weighted by Gasteiger charge is 2.34. The molecule has 6 heteroatoms. The number of aryl methyl sites for hydroxylation is 3. The molecule has 1 N–H and O–H groups in total. The van der Waals surface area contributed by atoms with E-state index >= 15 is 0 Å². The molecule has 1 aliphatic rings. The summed E-state index contributed by atoms with van der Waals surface area (Å²) in [5, 5.41) is 7.47. The van der Waals surface area contributed by atoms with Crippen LogP contribution in [0.5, 0.6) is 0 Å². The standard InChI is InChI=1S/C17H20ClN3O2/c1-10-6-7-14(13(18)9-10)19-17(22)21-8-4-5-15(21)16-11(2)20-23-12(16)3/h6-7,9,15H,4-5,8H2,1-3H3,(H,19,22)/t15-/m1/s1. The summed E-state index contributed by atoms with van der Waals surface area (Å²) >= 11 is 6.21. The van der Waals surface area contributed by atoms with Gasteiger partial charge in [0.15, 0.2) is 0 Å². The van der Waals surface area contributed by atoms with E-state index < -0.39 is 0 Å². The fraction of sp³-hybridized carbons (Fsp3) is 0.412. The molecule has 0 aliphatic carbocycles. The molecule has 23 heavy (non-hydrogen) atoms. The zero-order valence-electron chi connectivity index (χ0n) is 13.5. The topological polar surface area (TPSA) is 58.4 Å². The summed E-state index contributed by atoms with van der Waals surface area (Å²) in [6.07, 6.45) is 1.88. The van der Waals surface area contributed by atoms with E-state index in [9.17, 15) is 4.79 Å². The minimum Gasteiger partial charge on any atom is -0.361 e. The van der Waals surface area contributed by atoms with Crippen LogP contribution in [0.1, 0.15) is 41.5 Å². The first-order valence-corrected chi connectivity index (χ1v) is 8.11. The number of benzene rings is 1. The van der Waals surface area contributed by atoms with Crippen LogP contribution < -0.4 is 5.32 Å². The lowest BCUT2D eigenvalue weighted by atomic mass is 10.0. The Morgan fingerprint density at radius 3 is 2.83 bits per heavy atom. The molecule has 1 atom stereocenters. The first kappa shape index (κ1) is 15.9. The van der Waals surface area contributed by atoms with Crippen molar-refractivity contribution in [1.29, 1.82) is 0 Å². The summed E-state index contributed by atoms with van der Waals surface area (Å²) < 4.78 is 5.26. The van der Waals surface area contributed by atoms with Crippen molar-refractivity contribution in [1.82, 2.24) is 10.1 Å². The Morgan fingerprint density at radius 1 is 1.39 bits per heavy atom. The van der Waals surface area contributed by atoms with Crippen LogP contribution >= 0.6 is 11.6 Å². The number of urea groups is 1. The lowest BCUT2D eigenvalue weighted by Crippen LogP contribution is -2.34. The van der Waals surface area contributed by atoms with Gasteiger partial charge in [0.2, 0.25) is 0 Å². The second kappa shape index (κ2) is 6.24. The number of hydrogen-bond donors (Lipinski definition) is 1. The third-order valence-corrected chi connectivity index (χ3v) is 4.61. The molecule has 1 aromatic heterocycles. The third kappa shape index (κ3) is 3.06. The molecule has 1 aliphatic heterocycles.